The molecule has 2 aromatic carbocycles. The molecule has 0 atom stereocenters. The van der Waals surface area contributed by atoms with Crippen molar-refractivity contribution in [2.24, 2.45) is 0 Å². The average Bonchev–Trinajstić information content (AvgIpc) is 2.71. The van der Waals surface area contributed by atoms with Crippen molar-refractivity contribution in [1.82, 2.24) is 0 Å². The SMILES string of the molecule is C=C(C)c1ccc(OC)cc1-c1c(C)cc(C(C)(C)CCCCCCBr)cc1OS(C)(=O)=O. The molecule has 0 aromatic heterocycles. The van der Waals surface area contributed by atoms with E-state index in [1.807, 2.05) is 38.1 Å². The van der Waals surface area contributed by atoms with Crippen molar-refractivity contribution in [2.75, 3.05) is 18.7 Å². The van der Waals surface area contributed by atoms with Gasteiger partial charge in [-0.2, -0.15) is 8.42 Å². The Kier molecular flexibility index (Phi) is 9.62. The number of rotatable bonds is 12. The lowest BCUT2D eigenvalue weighted by Crippen LogP contribution is -2.18. The van der Waals surface area contributed by atoms with Gasteiger partial charge in [0.2, 0.25) is 0 Å². The van der Waals surface area contributed by atoms with Crippen LogP contribution < -0.4 is 8.92 Å². The van der Waals surface area contributed by atoms with Gasteiger partial charge in [-0.15, -0.1) is 0 Å². The monoisotopic (exact) mass is 536 g/mol. The Bertz CT molecular complexity index is 1090. The van der Waals surface area contributed by atoms with Crippen molar-refractivity contribution < 1.29 is 17.3 Å². The number of halogens is 1. The molecule has 0 radical (unpaired) electrons. The third kappa shape index (κ3) is 7.61. The highest BCUT2D eigenvalue weighted by Gasteiger charge is 2.25. The molecular formula is C27H37BrO4S. The Morgan fingerprint density at radius 3 is 2.33 bits per heavy atom. The number of ether oxygens (including phenoxy) is 1. The number of benzene rings is 2. The predicted octanol–water partition coefficient (Wildman–Crippen LogP) is 7.67. The molecule has 0 aliphatic rings. The van der Waals surface area contributed by atoms with E-state index in [4.69, 9.17) is 8.92 Å². The van der Waals surface area contributed by atoms with Crippen LogP contribution in [0.3, 0.4) is 0 Å². The van der Waals surface area contributed by atoms with E-state index >= 15 is 0 Å². The number of hydrogen-bond donors (Lipinski definition) is 0. The first-order valence-electron chi connectivity index (χ1n) is 11.3. The Morgan fingerprint density at radius 1 is 1.09 bits per heavy atom. The fraction of sp³-hybridized carbons (Fsp3) is 0.481. The molecule has 2 rings (SSSR count). The minimum absolute atomic E-state index is 0.112. The first-order chi connectivity index (χ1) is 15.4. The van der Waals surface area contributed by atoms with E-state index in [0.29, 0.717) is 11.5 Å². The van der Waals surface area contributed by atoms with Gasteiger partial charge in [-0.3, -0.25) is 0 Å². The van der Waals surface area contributed by atoms with Crippen molar-refractivity contribution >= 4 is 31.6 Å². The second-order valence-electron chi connectivity index (χ2n) is 9.38. The maximum Gasteiger partial charge on any atom is 0.306 e. The van der Waals surface area contributed by atoms with Crippen LogP contribution in [-0.4, -0.2) is 27.1 Å². The molecule has 0 N–H and O–H groups in total. The zero-order valence-corrected chi connectivity index (χ0v) is 23.2. The van der Waals surface area contributed by atoms with Gasteiger partial charge in [0.05, 0.1) is 13.4 Å². The van der Waals surface area contributed by atoms with Gasteiger partial charge in [0, 0.05) is 10.9 Å². The summed E-state index contributed by atoms with van der Waals surface area (Å²) in [5.74, 6) is 1.03. The van der Waals surface area contributed by atoms with Crippen LogP contribution in [0.15, 0.2) is 36.9 Å². The topological polar surface area (TPSA) is 52.6 Å². The second kappa shape index (κ2) is 11.6. The fourth-order valence-electron chi connectivity index (χ4n) is 4.11. The lowest BCUT2D eigenvalue weighted by atomic mass is 9.78. The lowest BCUT2D eigenvalue weighted by molar-refractivity contribution is 0.415. The smallest absolute Gasteiger partial charge is 0.306 e. The molecule has 0 amide bonds. The molecule has 0 saturated heterocycles. The summed E-state index contributed by atoms with van der Waals surface area (Å²) in [6.45, 7) is 12.5. The molecule has 0 spiro atoms. The van der Waals surface area contributed by atoms with Gasteiger partial charge in [-0.05, 0) is 72.6 Å². The summed E-state index contributed by atoms with van der Waals surface area (Å²) in [5, 5.41) is 1.04. The Labute approximate surface area is 208 Å². The highest BCUT2D eigenvalue weighted by Crippen LogP contribution is 2.43. The first-order valence-corrected chi connectivity index (χ1v) is 14.3. The van der Waals surface area contributed by atoms with E-state index in [0.717, 1.165) is 57.8 Å². The van der Waals surface area contributed by atoms with E-state index in [2.05, 4.69) is 42.4 Å². The van der Waals surface area contributed by atoms with E-state index in [-0.39, 0.29) is 5.41 Å². The molecule has 0 bridgehead atoms. The predicted molar refractivity (Wildman–Crippen MR) is 143 cm³/mol. The number of allylic oxidation sites excluding steroid dienone is 1. The summed E-state index contributed by atoms with van der Waals surface area (Å²) in [6.07, 6.45) is 6.80. The average molecular weight is 538 g/mol. The molecule has 2 aromatic rings. The van der Waals surface area contributed by atoms with Gasteiger partial charge >= 0.3 is 10.1 Å². The van der Waals surface area contributed by atoms with Crippen LogP contribution in [0.5, 0.6) is 11.5 Å². The van der Waals surface area contributed by atoms with Crippen LogP contribution in [0.25, 0.3) is 16.7 Å². The molecule has 4 nitrogen and oxygen atoms in total. The van der Waals surface area contributed by atoms with E-state index in [9.17, 15) is 8.42 Å². The van der Waals surface area contributed by atoms with Crippen LogP contribution in [0.1, 0.15) is 69.6 Å². The van der Waals surface area contributed by atoms with Crippen LogP contribution >= 0.6 is 15.9 Å². The number of methoxy groups -OCH3 is 1. The lowest BCUT2D eigenvalue weighted by Gasteiger charge is -2.28. The summed E-state index contributed by atoms with van der Waals surface area (Å²) in [7, 11) is -2.11. The summed E-state index contributed by atoms with van der Waals surface area (Å²) in [4.78, 5) is 0. The van der Waals surface area contributed by atoms with Crippen LogP contribution in [0, 0.1) is 6.92 Å². The Balaban J connectivity index is 2.61. The number of unbranched alkanes of at least 4 members (excludes halogenated alkanes) is 3. The zero-order valence-electron chi connectivity index (χ0n) is 20.8. The van der Waals surface area contributed by atoms with Crippen molar-refractivity contribution in [3.05, 3.63) is 53.6 Å². The fourth-order valence-corrected chi connectivity index (χ4v) is 4.96. The van der Waals surface area contributed by atoms with Gasteiger partial charge in [-0.1, -0.05) is 73.3 Å². The quantitative estimate of drug-likeness (QED) is 0.158. The minimum atomic E-state index is -3.72. The van der Waals surface area contributed by atoms with Crippen LogP contribution in [0.4, 0.5) is 0 Å². The molecule has 0 unspecified atom stereocenters. The largest absolute Gasteiger partial charge is 0.497 e. The molecule has 33 heavy (non-hydrogen) atoms. The zero-order chi connectivity index (χ0) is 24.8. The third-order valence-electron chi connectivity index (χ3n) is 5.96. The minimum Gasteiger partial charge on any atom is -0.497 e. The molecule has 0 fully saturated rings. The number of aryl methyl sites for hydroxylation is 1. The van der Waals surface area contributed by atoms with E-state index in [1.165, 1.54) is 19.3 Å². The molecular weight excluding hydrogens is 500 g/mol. The van der Waals surface area contributed by atoms with Crippen LogP contribution in [-0.2, 0) is 15.5 Å². The molecule has 0 aliphatic heterocycles. The third-order valence-corrected chi connectivity index (χ3v) is 7.01. The molecule has 0 aliphatic carbocycles. The molecule has 182 valence electrons. The molecule has 0 heterocycles. The van der Waals surface area contributed by atoms with E-state index in [1.54, 1.807) is 7.11 Å². The van der Waals surface area contributed by atoms with Crippen LogP contribution in [0.2, 0.25) is 0 Å². The summed E-state index contributed by atoms with van der Waals surface area (Å²) < 4.78 is 35.4. The Hall–Kier alpha value is -1.79. The maximum absolute atomic E-state index is 12.2. The highest BCUT2D eigenvalue weighted by molar-refractivity contribution is 9.09. The summed E-state index contributed by atoms with van der Waals surface area (Å²) >= 11 is 3.49. The van der Waals surface area contributed by atoms with Crippen molar-refractivity contribution in [3.8, 4) is 22.6 Å². The summed E-state index contributed by atoms with van der Waals surface area (Å²) in [6, 6.07) is 9.79. The van der Waals surface area contributed by atoms with Crippen molar-refractivity contribution in [1.29, 1.82) is 0 Å². The summed E-state index contributed by atoms with van der Waals surface area (Å²) in [5.41, 5.74) is 5.31. The van der Waals surface area contributed by atoms with Gasteiger partial charge < -0.3 is 8.92 Å². The van der Waals surface area contributed by atoms with Gasteiger partial charge in [0.25, 0.3) is 0 Å². The van der Waals surface area contributed by atoms with Crippen molar-refractivity contribution in [3.63, 3.8) is 0 Å². The van der Waals surface area contributed by atoms with E-state index < -0.39 is 10.1 Å². The second-order valence-corrected chi connectivity index (χ2v) is 11.8. The molecule has 6 heteroatoms. The highest BCUT2D eigenvalue weighted by atomic mass is 79.9. The Morgan fingerprint density at radius 2 is 1.76 bits per heavy atom. The number of hydrogen-bond acceptors (Lipinski definition) is 4. The van der Waals surface area contributed by atoms with Gasteiger partial charge in [0.15, 0.2) is 5.75 Å². The first kappa shape index (κ1) is 27.5. The van der Waals surface area contributed by atoms with Gasteiger partial charge in [-0.25, -0.2) is 0 Å². The number of alkyl halides is 1. The standard InChI is InChI=1S/C27H37BrO4S/c1-19(2)23-13-12-22(31-6)18-24(23)26-20(3)16-21(17-25(26)32-33(7,29)30)27(4,5)14-10-8-9-11-15-28/h12-13,16-18H,1,8-11,14-15H2,2-7H3. The van der Waals surface area contributed by atoms with Gasteiger partial charge in [0.1, 0.15) is 5.75 Å². The normalized spacial score (nSPS) is 12.0. The maximum atomic E-state index is 12.2. The molecule has 0 saturated carbocycles. The van der Waals surface area contributed by atoms with Crippen molar-refractivity contribution in [2.45, 2.75) is 65.2 Å².